The second-order valence-electron chi connectivity index (χ2n) is 7.30. The smallest absolute Gasteiger partial charge is 0.300 e. The van der Waals surface area contributed by atoms with Crippen molar-refractivity contribution in [2.75, 3.05) is 12.0 Å². The predicted octanol–water partition coefficient (Wildman–Crippen LogP) is 5.18. The van der Waals surface area contributed by atoms with Crippen LogP contribution in [-0.4, -0.2) is 23.9 Å². The second-order valence-corrected chi connectivity index (χ2v) is 7.73. The van der Waals surface area contributed by atoms with Crippen LogP contribution in [0.2, 0.25) is 5.02 Å². The molecule has 0 aliphatic carbocycles. The van der Waals surface area contributed by atoms with Crippen molar-refractivity contribution in [1.82, 2.24) is 0 Å². The molecule has 1 aromatic heterocycles. The lowest BCUT2D eigenvalue weighted by Gasteiger charge is -2.25. The van der Waals surface area contributed by atoms with Gasteiger partial charge in [0.1, 0.15) is 23.3 Å². The zero-order valence-corrected chi connectivity index (χ0v) is 17.9. The molecule has 2 aromatic carbocycles. The molecule has 1 N–H and O–H groups in total. The fourth-order valence-corrected chi connectivity index (χ4v) is 4.09. The number of furan rings is 1. The molecule has 3 aromatic rings. The van der Waals surface area contributed by atoms with Crippen molar-refractivity contribution in [1.29, 1.82) is 0 Å². The number of amides is 1. The number of carbonyl (C=O) groups excluding carboxylic acids is 2. The first-order valence-electron chi connectivity index (χ1n) is 9.59. The average Bonchev–Trinajstić information content (AvgIpc) is 3.35. The molecule has 1 fully saturated rings. The lowest BCUT2D eigenvalue weighted by Crippen LogP contribution is -2.29. The monoisotopic (exact) mass is 437 g/mol. The van der Waals surface area contributed by atoms with Crippen LogP contribution in [0.5, 0.6) is 5.75 Å². The van der Waals surface area contributed by atoms with Crippen molar-refractivity contribution >= 4 is 34.7 Å². The zero-order chi connectivity index (χ0) is 22.3. The number of aryl methyl sites for hydroxylation is 2. The number of aliphatic hydroxyl groups excluding tert-OH is 1. The topological polar surface area (TPSA) is 80.0 Å². The van der Waals surface area contributed by atoms with Gasteiger partial charge in [-0.15, -0.1) is 0 Å². The minimum Gasteiger partial charge on any atom is -0.507 e. The minimum absolute atomic E-state index is 0.0393. The maximum Gasteiger partial charge on any atom is 0.300 e. The summed E-state index contributed by atoms with van der Waals surface area (Å²) in [4.78, 5) is 27.6. The van der Waals surface area contributed by atoms with E-state index in [0.29, 0.717) is 38.9 Å². The number of aliphatic hydroxyl groups is 1. The molecule has 0 saturated carbocycles. The van der Waals surface area contributed by atoms with Crippen LogP contribution in [0, 0.1) is 13.8 Å². The Morgan fingerprint density at radius 1 is 1.10 bits per heavy atom. The summed E-state index contributed by atoms with van der Waals surface area (Å²) < 4.78 is 10.8. The Hall–Kier alpha value is -3.51. The molecule has 7 heteroatoms. The van der Waals surface area contributed by atoms with Gasteiger partial charge in [-0.25, -0.2) is 0 Å². The standard InChI is InChI=1S/C24H20ClNO5/c1-13-12-16(30-3)7-8-17(13)22(27)20-21(19-5-4-10-31-19)26(24(29)23(20)28)18-9-6-15(25)11-14(18)2/h4-12,21,27H,1-3H3/b22-20-. The van der Waals surface area contributed by atoms with Crippen molar-refractivity contribution < 1.29 is 23.8 Å². The van der Waals surface area contributed by atoms with E-state index in [0.717, 1.165) is 0 Å². The lowest BCUT2D eigenvalue weighted by atomic mass is 9.96. The molecule has 0 radical (unpaired) electrons. The normalized spacial score (nSPS) is 17.9. The molecule has 1 saturated heterocycles. The van der Waals surface area contributed by atoms with Crippen LogP contribution in [0.4, 0.5) is 5.69 Å². The van der Waals surface area contributed by atoms with E-state index in [2.05, 4.69) is 0 Å². The van der Waals surface area contributed by atoms with E-state index in [4.69, 9.17) is 20.8 Å². The van der Waals surface area contributed by atoms with Gasteiger partial charge in [0.05, 0.1) is 18.9 Å². The van der Waals surface area contributed by atoms with Gasteiger partial charge in [-0.3, -0.25) is 14.5 Å². The summed E-state index contributed by atoms with van der Waals surface area (Å²) >= 11 is 6.08. The summed E-state index contributed by atoms with van der Waals surface area (Å²) in [5.41, 5.74) is 2.32. The van der Waals surface area contributed by atoms with Gasteiger partial charge in [-0.2, -0.15) is 0 Å². The highest BCUT2D eigenvalue weighted by Gasteiger charge is 2.48. The Kier molecular flexibility index (Phi) is 5.33. The van der Waals surface area contributed by atoms with Crippen molar-refractivity contribution in [3.8, 4) is 5.75 Å². The third-order valence-electron chi connectivity index (χ3n) is 5.36. The van der Waals surface area contributed by atoms with E-state index in [1.165, 1.54) is 11.2 Å². The largest absolute Gasteiger partial charge is 0.507 e. The van der Waals surface area contributed by atoms with Gasteiger partial charge in [0.25, 0.3) is 11.7 Å². The SMILES string of the molecule is COc1ccc(/C(O)=C2/C(=O)C(=O)N(c3ccc(Cl)cc3C)C2c2ccco2)c(C)c1. The molecule has 1 amide bonds. The van der Waals surface area contributed by atoms with E-state index in [1.807, 2.05) is 0 Å². The van der Waals surface area contributed by atoms with Gasteiger partial charge in [0, 0.05) is 16.3 Å². The summed E-state index contributed by atoms with van der Waals surface area (Å²) in [5.74, 6) is -0.827. The number of nitrogens with zero attached hydrogens (tertiary/aromatic N) is 1. The highest BCUT2D eigenvalue weighted by molar-refractivity contribution is 6.51. The van der Waals surface area contributed by atoms with Gasteiger partial charge in [-0.05, 0) is 73.5 Å². The molecule has 1 unspecified atom stereocenters. The summed E-state index contributed by atoms with van der Waals surface area (Å²) in [6.45, 7) is 3.59. The fraction of sp³-hybridized carbons (Fsp3) is 0.167. The van der Waals surface area contributed by atoms with Crippen LogP contribution in [0.1, 0.15) is 28.5 Å². The van der Waals surface area contributed by atoms with Crippen LogP contribution in [0.25, 0.3) is 5.76 Å². The van der Waals surface area contributed by atoms with E-state index >= 15 is 0 Å². The number of hydrogen-bond acceptors (Lipinski definition) is 5. The lowest BCUT2D eigenvalue weighted by molar-refractivity contribution is -0.132. The van der Waals surface area contributed by atoms with Crippen molar-refractivity contribution in [3.05, 3.63) is 87.8 Å². The number of ketones is 1. The first-order chi connectivity index (χ1) is 14.8. The Labute approximate surface area is 184 Å². The van der Waals surface area contributed by atoms with Gasteiger partial charge >= 0.3 is 0 Å². The molecule has 4 rings (SSSR count). The Morgan fingerprint density at radius 2 is 1.87 bits per heavy atom. The van der Waals surface area contributed by atoms with E-state index in [9.17, 15) is 14.7 Å². The third kappa shape index (κ3) is 3.49. The quantitative estimate of drug-likeness (QED) is 0.345. The zero-order valence-electron chi connectivity index (χ0n) is 17.2. The second kappa shape index (κ2) is 7.96. The van der Waals surface area contributed by atoms with Crippen molar-refractivity contribution in [3.63, 3.8) is 0 Å². The number of Topliss-reactive ketones (excluding diaryl/α,β-unsaturated/α-hetero) is 1. The Bertz CT molecular complexity index is 1210. The minimum atomic E-state index is -0.920. The van der Waals surface area contributed by atoms with Gasteiger partial charge in [0.15, 0.2) is 0 Å². The van der Waals surface area contributed by atoms with Gasteiger partial charge in [-0.1, -0.05) is 11.6 Å². The maximum absolute atomic E-state index is 13.1. The summed E-state index contributed by atoms with van der Waals surface area (Å²) in [5, 5.41) is 11.7. The first-order valence-corrected chi connectivity index (χ1v) is 9.97. The number of methoxy groups -OCH3 is 1. The van der Waals surface area contributed by atoms with Gasteiger partial charge < -0.3 is 14.3 Å². The van der Waals surface area contributed by atoms with E-state index in [1.54, 1.807) is 69.5 Å². The van der Waals surface area contributed by atoms with Crippen LogP contribution >= 0.6 is 11.6 Å². The predicted molar refractivity (Wildman–Crippen MR) is 117 cm³/mol. The summed E-state index contributed by atoms with van der Waals surface area (Å²) in [6, 6.07) is 12.5. The summed E-state index contributed by atoms with van der Waals surface area (Å²) in [6.07, 6.45) is 1.46. The summed E-state index contributed by atoms with van der Waals surface area (Å²) in [7, 11) is 1.55. The molecule has 1 aliphatic rings. The molecule has 158 valence electrons. The average molecular weight is 438 g/mol. The number of halogens is 1. The third-order valence-corrected chi connectivity index (χ3v) is 5.60. The molecule has 1 aliphatic heterocycles. The van der Waals surface area contributed by atoms with E-state index in [-0.39, 0.29) is 11.3 Å². The highest BCUT2D eigenvalue weighted by Crippen LogP contribution is 2.44. The number of hydrogen-bond donors (Lipinski definition) is 1. The Morgan fingerprint density at radius 3 is 2.48 bits per heavy atom. The maximum atomic E-state index is 13.1. The Balaban J connectivity index is 1.94. The van der Waals surface area contributed by atoms with Gasteiger partial charge in [0.2, 0.25) is 0 Å². The molecule has 1 atom stereocenters. The van der Waals surface area contributed by atoms with Crippen molar-refractivity contribution in [2.24, 2.45) is 0 Å². The molecule has 2 heterocycles. The number of rotatable bonds is 4. The highest BCUT2D eigenvalue weighted by atomic mass is 35.5. The van der Waals surface area contributed by atoms with Crippen LogP contribution in [0.15, 0.2) is 64.8 Å². The molecule has 0 spiro atoms. The van der Waals surface area contributed by atoms with Crippen LogP contribution < -0.4 is 9.64 Å². The fourth-order valence-electron chi connectivity index (χ4n) is 3.86. The molecule has 6 nitrogen and oxygen atoms in total. The number of carbonyl (C=O) groups is 2. The van der Waals surface area contributed by atoms with Crippen LogP contribution in [-0.2, 0) is 9.59 Å². The number of ether oxygens (including phenoxy) is 1. The molecule has 31 heavy (non-hydrogen) atoms. The van der Waals surface area contributed by atoms with Crippen molar-refractivity contribution in [2.45, 2.75) is 19.9 Å². The van der Waals surface area contributed by atoms with E-state index < -0.39 is 17.7 Å². The van der Waals surface area contributed by atoms with Crippen LogP contribution in [0.3, 0.4) is 0 Å². The first kappa shape index (κ1) is 20.8. The number of benzene rings is 2. The molecular formula is C24H20ClNO5. The molecular weight excluding hydrogens is 418 g/mol. The number of anilines is 1. The molecule has 0 bridgehead atoms.